The van der Waals surface area contributed by atoms with Crippen LogP contribution in [0.4, 0.5) is 0 Å². The normalized spacial score (nSPS) is 13.0. The summed E-state index contributed by atoms with van der Waals surface area (Å²) in [5, 5.41) is 11.6. The number of quaternary nitrogens is 1. The van der Waals surface area contributed by atoms with Crippen LogP contribution >= 0.6 is 0 Å². The van der Waals surface area contributed by atoms with Crippen molar-refractivity contribution in [2.24, 2.45) is 0 Å². The molecule has 2 atom stereocenters. The number of carboxylic acid groups (broad SMARTS) is 1. The molecule has 0 aliphatic carbocycles. The summed E-state index contributed by atoms with van der Waals surface area (Å²) in [5.74, 6) is -1.74. The number of rotatable bonds is 38. The molecule has 0 aromatic carbocycles. The van der Waals surface area contributed by atoms with E-state index in [9.17, 15) is 19.5 Å². The lowest BCUT2D eigenvalue weighted by Gasteiger charge is -2.34. The van der Waals surface area contributed by atoms with Crippen LogP contribution in [0.2, 0.25) is 0 Å². The molecule has 0 aliphatic rings. The number of likely N-dealkylation sites (N-methyl/N-ethyl adjacent to an activating group) is 1. The van der Waals surface area contributed by atoms with Crippen LogP contribution in [-0.2, 0) is 28.6 Å². The highest BCUT2D eigenvalue weighted by atomic mass is 16.6. The van der Waals surface area contributed by atoms with Gasteiger partial charge in [-0.2, -0.15) is 0 Å². The van der Waals surface area contributed by atoms with Crippen LogP contribution in [0.1, 0.15) is 194 Å². The van der Waals surface area contributed by atoms with Crippen molar-refractivity contribution >= 4 is 17.9 Å². The number of nitrogens with zero attached hydrogens (tertiary/aromatic N) is 1. The molecule has 0 heterocycles. The molecule has 8 heteroatoms. The monoisotopic (exact) mass is 724 g/mol. The fraction of sp³-hybridized carbons (Fsp3) is 0.884. The molecule has 0 aromatic heterocycles. The molecule has 300 valence electrons. The summed E-state index contributed by atoms with van der Waals surface area (Å²) in [6.07, 6.45) is 35.1. The smallest absolute Gasteiger partial charge is 0.306 e. The van der Waals surface area contributed by atoms with Crippen molar-refractivity contribution in [1.29, 1.82) is 0 Å². The third-order valence-electron chi connectivity index (χ3n) is 9.65. The van der Waals surface area contributed by atoms with E-state index in [0.29, 0.717) is 12.8 Å². The number of hydrogen-bond donors (Lipinski definition) is 0. The van der Waals surface area contributed by atoms with E-state index in [-0.39, 0.29) is 42.7 Å². The van der Waals surface area contributed by atoms with Gasteiger partial charge < -0.3 is 28.6 Å². The Balaban J connectivity index is 4.37. The number of carbonyl (C=O) groups excluding carboxylic acids is 3. The maximum atomic E-state index is 12.7. The van der Waals surface area contributed by atoms with Crippen LogP contribution in [0, 0.1) is 0 Å². The van der Waals surface area contributed by atoms with Crippen molar-refractivity contribution in [1.82, 2.24) is 0 Å². The van der Waals surface area contributed by atoms with E-state index in [1.165, 1.54) is 109 Å². The van der Waals surface area contributed by atoms with Crippen molar-refractivity contribution in [3.05, 3.63) is 12.2 Å². The first kappa shape index (κ1) is 49.1. The van der Waals surface area contributed by atoms with Crippen molar-refractivity contribution in [2.75, 3.05) is 41.0 Å². The molecule has 0 bridgehead atoms. The number of carboxylic acids is 1. The second-order valence-electron chi connectivity index (χ2n) is 15.6. The molecular formula is C43H81NO7. The summed E-state index contributed by atoms with van der Waals surface area (Å²) >= 11 is 0. The molecule has 51 heavy (non-hydrogen) atoms. The fourth-order valence-electron chi connectivity index (χ4n) is 6.30. The van der Waals surface area contributed by atoms with Crippen LogP contribution in [0.3, 0.4) is 0 Å². The Bertz CT molecular complexity index is 854. The molecule has 0 radical (unpaired) electrons. The Morgan fingerprint density at radius 2 is 0.980 bits per heavy atom. The van der Waals surface area contributed by atoms with Gasteiger partial charge in [-0.1, -0.05) is 148 Å². The number of ether oxygens (including phenoxy) is 3. The van der Waals surface area contributed by atoms with E-state index in [2.05, 4.69) is 26.0 Å². The maximum absolute atomic E-state index is 12.7. The van der Waals surface area contributed by atoms with E-state index in [1.54, 1.807) is 21.1 Å². The number of carbonyl (C=O) groups is 3. The second kappa shape index (κ2) is 35.1. The average Bonchev–Trinajstić information content (AvgIpc) is 3.08. The number of esters is 2. The first-order valence-corrected chi connectivity index (χ1v) is 21.2. The quantitative estimate of drug-likeness (QED) is 0.0271. The van der Waals surface area contributed by atoms with E-state index in [4.69, 9.17) is 14.2 Å². The highest BCUT2D eigenvalue weighted by Gasteiger charge is 2.25. The zero-order valence-electron chi connectivity index (χ0n) is 34.0. The van der Waals surface area contributed by atoms with Gasteiger partial charge in [-0.25, -0.2) is 0 Å². The maximum Gasteiger partial charge on any atom is 0.306 e. The van der Waals surface area contributed by atoms with Gasteiger partial charge in [-0.15, -0.1) is 0 Å². The van der Waals surface area contributed by atoms with Crippen molar-refractivity contribution in [3.8, 4) is 0 Å². The van der Waals surface area contributed by atoms with Gasteiger partial charge in [0.15, 0.2) is 6.10 Å². The first-order chi connectivity index (χ1) is 24.6. The molecule has 0 fully saturated rings. The van der Waals surface area contributed by atoms with Gasteiger partial charge in [0.25, 0.3) is 0 Å². The van der Waals surface area contributed by atoms with Crippen LogP contribution in [0.15, 0.2) is 12.2 Å². The Hall–Kier alpha value is -1.93. The minimum atomic E-state index is -1.12. The zero-order valence-corrected chi connectivity index (χ0v) is 34.0. The van der Waals surface area contributed by atoms with Gasteiger partial charge in [0, 0.05) is 19.3 Å². The standard InChI is InChI=1S/C43H81NO7/c1-6-8-10-12-14-16-18-20-22-24-26-28-30-32-34-42(46)51-39(37-49-36-35-40(43(47)48)44(3,4)5)38-50-41(45)33-31-29-27-25-23-21-19-17-15-13-11-9-7-2/h21,23,39-40H,6-20,22,24-38H2,1-5H3/b23-21+. The van der Waals surface area contributed by atoms with Gasteiger partial charge in [0.2, 0.25) is 0 Å². The molecule has 0 N–H and O–H groups in total. The minimum absolute atomic E-state index is 0.0414. The summed E-state index contributed by atoms with van der Waals surface area (Å²) in [5.41, 5.74) is 0. The molecule has 0 saturated heterocycles. The molecule has 0 aliphatic heterocycles. The largest absolute Gasteiger partial charge is 0.544 e. The number of unbranched alkanes of at least 4 members (excludes halogenated alkanes) is 22. The lowest BCUT2D eigenvalue weighted by Crippen LogP contribution is -2.55. The highest BCUT2D eigenvalue weighted by Crippen LogP contribution is 2.15. The second-order valence-corrected chi connectivity index (χ2v) is 15.6. The number of aliphatic carboxylic acids is 1. The Morgan fingerprint density at radius 1 is 0.569 bits per heavy atom. The Labute approximate surface area is 314 Å². The molecular weight excluding hydrogens is 642 g/mol. The topological polar surface area (TPSA) is 102 Å². The molecule has 8 nitrogen and oxygen atoms in total. The van der Waals surface area contributed by atoms with Gasteiger partial charge in [-0.05, 0) is 38.5 Å². The van der Waals surface area contributed by atoms with E-state index in [1.807, 2.05) is 0 Å². The van der Waals surface area contributed by atoms with Crippen LogP contribution in [0.25, 0.3) is 0 Å². The molecule has 0 saturated carbocycles. The van der Waals surface area contributed by atoms with Crippen LogP contribution < -0.4 is 5.11 Å². The molecule has 0 aromatic rings. The summed E-state index contributed by atoms with van der Waals surface area (Å²) in [6, 6.07) is -0.722. The highest BCUT2D eigenvalue weighted by molar-refractivity contribution is 5.70. The fourth-order valence-corrected chi connectivity index (χ4v) is 6.30. The Morgan fingerprint density at radius 3 is 1.43 bits per heavy atom. The minimum Gasteiger partial charge on any atom is -0.544 e. The summed E-state index contributed by atoms with van der Waals surface area (Å²) in [4.78, 5) is 36.7. The first-order valence-electron chi connectivity index (χ1n) is 21.2. The average molecular weight is 724 g/mol. The predicted molar refractivity (Wildman–Crippen MR) is 208 cm³/mol. The third-order valence-corrected chi connectivity index (χ3v) is 9.65. The lowest BCUT2D eigenvalue weighted by atomic mass is 10.0. The van der Waals surface area contributed by atoms with Gasteiger partial charge >= 0.3 is 11.9 Å². The number of allylic oxidation sites excluding steroid dienone is 2. The number of hydrogen-bond acceptors (Lipinski definition) is 7. The lowest BCUT2D eigenvalue weighted by molar-refractivity contribution is -0.889. The predicted octanol–water partition coefficient (Wildman–Crippen LogP) is 9.80. The van der Waals surface area contributed by atoms with Gasteiger partial charge in [-0.3, -0.25) is 9.59 Å². The SMILES string of the molecule is CCCCCCCC/C=C/CCCCCC(=O)OCC(COCCC(C(=O)[O-])[N+](C)(C)C)OC(=O)CCCCCCCCCCCCCCCC. The molecule has 0 rings (SSSR count). The Kier molecular flexibility index (Phi) is 33.8. The van der Waals surface area contributed by atoms with Crippen molar-refractivity contribution in [2.45, 2.75) is 206 Å². The van der Waals surface area contributed by atoms with E-state index in [0.717, 1.165) is 51.4 Å². The van der Waals surface area contributed by atoms with Gasteiger partial charge in [0.05, 0.1) is 40.3 Å². The van der Waals surface area contributed by atoms with E-state index < -0.39 is 18.1 Å². The zero-order chi connectivity index (χ0) is 37.8. The van der Waals surface area contributed by atoms with Crippen molar-refractivity contribution in [3.63, 3.8) is 0 Å². The summed E-state index contributed by atoms with van der Waals surface area (Å²) in [6.45, 7) is 4.65. The molecule has 2 unspecified atom stereocenters. The molecule has 0 spiro atoms. The van der Waals surface area contributed by atoms with E-state index >= 15 is 0 Å². The van der Waals surface area contributed by atoms with Crippen LogP contribution in [0.5, 0.6) is 0 Å². The van der Waals surface area contributed by atoms with Gasteiger partial charge in [0.1, 0.15) is 12.6 Å². The summed E-state index contributed by atoms with van der Waals surface area (Å²) < 4.78 is 17.1. The third kappa shape index (κ3) is 33.6. The summed E-state index contributed by atoms with van der Waals surface area (Å²) in [7, 11) is 5.40. The van der Waals surface area contributed by atoms with Crippen LogP contribution in [-0.4, -0.2) is 75.5 Å². The molecule has 0 amide bonds. The van der Waals surface area contributed by atoms with Crippen molar-refractivity contribution < 1.29 is 38.2 Å².